The summed E-state index contributed by atoms with van der Waals surface area (Å²) < 4.78 is 26.8. The van der Waals surface area contributed by atoms with Crippen LogP contribution >= 0.6 is 34.8 Å². The SMILES string of the molecule is Nc1c(Cl)cc(S(=O)(=O)Nc2ccc(Cl)c([N+](=O)[O-])c2)cc1Cl. The Morgan fingerprint density at radius 2 is 1.61 bits per heavy atom. The number of sulfonamides is 1. The van der Waals surface area contributed by atoms with Crippen molar-refractivity contribution in [1.29, 1.82) is 0 Å². The van der Waals surface area contributed by atoms with Crippen molar-refractivity contribution in [2.24, 2.45) is 0 Å². The van der Waals surface area contributed by atoms with E-state index in [0.29, 0.717) is 0 Å². The van der Waals surface area contributed by atoms with Gasteiger partial charge in [-0.05, 0) is 24.3 Å². The van der Waals surface area contributed by atoms with Gasteiger partial charge in [-0.1, -0.05) is 34.8 Å². The summed E-state index contributed by atoms with van der Waals surface area (Å²) in [5.41, 5.74) is 5.13. The third-order valence-corrected chi connectivity index (χ3v) is 5.06. The van der Waals surface area contributed by atoms with Crippen LogP contribution < -0.4 is 10.5 Å². The molecule has 7 nitrogen and oxygen atoms in total. The molecule has 2 aromatic carbocycles. The predicted octanol–water partition coefficient (Wildman–Crippen LogP) is 3.94. The maximum absolute atomic E-state index is 12.3. The average molecular weight is 397 g/mol. The number of nitrogens with zero attached hydrogens (tertiary/aromatic N) is 1. The quantitative estimate of drug-likeness (QED) is 0.461. The standard InChI is InChI=1S/C12H8Cl3N3O4S/c13-8-2-1-6(3-11(8)18(19)20)17-23(21,22)7-4-9(14)12(16)10(15)5-7/h1-5,17H,16H2. The van der Waals surface area contributed by atoms with Crippen molar-refractivity contribution < 1.29 is 13.3 Å². The first-order chi connectivity index (χ1) is 10.6. The normalized spacial score (nSPS) is 11.3. The molecule has 0 fully saturated rings. The third kappa shape index (κ3) is 3.78. The maximum atomic E-state index is 12.3. The average Bonchev–Trinajstić information content (AvgIpc) is 2.45. The number of nitrogen functional groups attached to an aromatic ring is 1. The molecule has 0 amide bonds. The molecule has 0 radical (unpaired) electrons. The van der Waals surface area contributed by atoms with Crippen LogP contribution in [-0.4, -0.2) is 13.3 Å². The minimum Gasteiger partial charge on any atom is -0.396 e. The molecule has 0 aliphatic carbocycles. The van der Waals surface area contributed by atoms with E-state index in [1.54, 1.807) is 0 Å². The van der Waals surface area contributed by atoms with E-state index in [4.69, 9.17) is 40.5 Å². The van der Waals surface area contributed by atoms with Crippen LogP contribution in [0.2, 0.25) is 15.1 Å². The van der Waals surface area contributed by atoms with Crippen molar-refractivity contribution in [2.45, 2.75) is 4.90 Å². The van der Waals surface area contributed by atoms with Crippen molar-refractivity contribution >= 4 is 61.9 Å². The Labute approximate surface area is 146 Å². The van der Waals surface area contributed by atoms with Crippen molar-refractivity contribution in [3.63, 3.8) is 0 Å². The van der Waals surface area contributed by atoms with Gasteiger partial charge in [-0.3, -0.25) is 14.8 Å². The Morgan fingerprint density at radius 1 is 1.04 bits per heavy atom. The number of benzene rings is 2. The van der Waals surface area contributed by atoms with Crippen molar-refractivity contribution in [3.05, 3.63) is 55.5 Å². The topological polar surface area (TPSA) is 115 Å². The molecule has 0 bridgehead atoms. The molecular weight excluding hydrogens is 389 g/mol. The summed E-state index contributed by atoms with van der Waals surface area (Å²) in [6.45, 7) is 0. The van der Waals surface area contributed by atoms with Crippen molar-refractivity contribution in [3.8, 4) is 0 Å². The van der Waals surface area contributed by atoms with Gasteiger partial charge in [0.25, 0.3) is 15.7 Å². The number of halogens is 3. The zero-order valence-corrected chi connectivity index (χ0v) is 14.2. The molecule has 0 unspecified atom stereocenters. The molecule has 0 spiro atoms. The van der Waals surface area contributed by atoms with Gasteiger partial charge in [0.1, 0.15) is 5.02 Å². The van der Waals surface area contributed by atoms with Crippen molar-refractivity contribution in [1.82, 2.24) is 0 Å². The van der Waals surface area contributed by atoms with E-state index in [1.165, 1.54) is 12.1 Å². The maximum Gasteiger partial charge on any atom is 0.289 e. The summed E-state index contributed by atoms with van der Waals surface area (Å²) >= 11 is 17.3. The lowest BCUT2D eigenvalue weighted by atomic mass is 10.3. The minimum absolute atomic E-state index is 0.0278. The van der Waals surface area contributed by atoms with Crippen molar-refractivity contribution in [2.75, 3.05) is 10.5 Å². The fourth-order valence-corrected chi connectivity index (χ4v) is 3.55. The molecule has 11 heteroatoms. The third-order valence-electron chi connectivity index (χ3n) is 2.76. The molecule has 3 N–H and O–H groups in total. The number of nitrogens with two attached hydrogens (primary N) is 1. The molecule has 0 atom stereocenters. The minimum atomic E-state index is -4.07. The number of rotatable bonds is 4. The van der Waals surface area contributed by atoms with Crippen LogP contribution in [0.25, 0.3) is 0 Å². The van der Waals surface area contributed by atoms with Gasteiger partial charge in [-0.25, -0.2) is 8.42 Å². The molecule has 2 rings (SSSR count). The highest BCUT2D eigenvalue weighted by atomic mass is 35.5. The Balaban J connectivity index is 2.43. The summed E-state index contributed by atoms with van der Waals surface area (Å²) in [5, 5.41) is 10.7. The molecule has 2 aromatic rings. The van der Waals surface area contributed by atoms with Crippen LogP contribution in [0.5, 0.6) is 0 Å². The largest absolute Gasteiger partial charge is 0.396 e. The Morgan fingerprint density at radius 3 is 2.13 bits per heavy atom. The van der Waals surface area contributed by atoms with Gasteiger partial charge >= 0.3 is 0 Å². The molecule has 122 valence electrons. The highest BCUT2D eigenvalue weighted by molar-refractivity contribution is 7.92. The Hall–Kier alpha value is -1.74. The van der Waals surface area contributed by atoms with Crippen LogP contribution in [0, 0.1) is 10.1 Å². The first-order valence-electron chi connectivity index (χ1n) is 5.83. The van der Waals surface area contributed by atoms with E-state index in [-0.39, 0.29) is 31.3 Å². The smallest absolute Gasteiger partial charge is 0.289 e. The molecular formula is C12H8Cl3N3O4S. The fraction of sp³-hybridized carbons (Fsp3) is 0. The predicted molar refractivity (Wildman–Crippen MR) is 89.8 cm³/mol. The number of nitro groups is 1. The van der Waals surface area contributed by atoms with Gasteiger partial charge in [0.2, 0.25) is 0 Å². The molecule has 0 aliphatic heterocycles. The number of anilines is 2. The number of nitro benzene ring substituents is 1. The number of hydrogen-bond acceptors (Lipinski definition) is 5. The van der Waals surface area contributed by atoms with Crippen LogP contribution in [0.3, 0.4) is 0 Å². The van der Waals surface area contributed by atoms with E-state index in [0.717, 1.165) is 18.2 Å². The lowest BCUT2D eigenvalue weighted by Crippen LogP contribution is -2.13. The van der Waals surface area contributed by atoms with E-state index in [2.05, 4.69) is 4.72 Å². The lowest BCUT2D eigenvalue weighted by molar-refractivity contribution is -0.384. The van der Waals surface area contributed by atoms with Gasteiger partial charge in [0.05, 0.1) is 31.2 Å². The molecule has 0 saturated heterocycles. The number of hydrogen-bond donors (Lipinski definition) is 2. The number of nitrogens with one attached hydrogen (secondary N) is 1. The highest BCUT2D eigenvalue weighted by Gasteiger charge is 2.20. The van der Waals surface area contributed by atoms with Crippen LogP contribution in [0.15, 0.2) is 35.2 Å². The van der Waals surface area contributed by atoms with Gasteiger partial charge in [0.15, 0.2) is 0 Å². The van der Waals surface area contributed by atoms with E-state index in [9.17, 15) is 18.5 Å². The second-order valence-electron chi connectivity index (χ2n) is 4.33. The fourth-order valence-electron chi connectivity index (χ4n) is 1.65. The van der Waals surface area contributed by atoms with E-state index < -0.39 is 20.6 Å². The van der Waals surface area contributed by atoms with Gasteiger partial charge in [0, 0.05) is 6.07 Å². The monoisotopic (exact) mass is 395 g/mol. The summed E-state index contributed by atoms with van der Waals surface area (Å²) in [6.07, 6.45) is 0. The van der Waals surface area contributed by atoms with Gasteiger partial charge < -0.3 is 5.73 Å². The molecule has 0 aliphatic rings. The zero-order valence-electron chi connectivity index (χ0n) is 11.1. The summed E-state index contributed by atoms with van der Waals surface area (Å²) in [7, 11) is -4.07. The van der Waals surface area contributed by atoms with E-state index >= 15 is 0 Å². The summed E-state index contributed by atoms with van der Waals surface area (Å²) in [4.78, 5) is 9.87. The van der Waals surface area contributed by atoms with E-state index in [1.807, 2.05) is 0 Å². The zero-order chi connectivity index (χ0) is 17.4. The highest BCUT2D eigenvalue weighted by Crippen LogP contribution is 2.32. The summed E-state index contributed by atoms with van der Waals surface area (Å²) in [5.74, 6) is 0. The summed E-state index contributed by atoms with van der Waals surface area (Å²) in [6, 6.07) is 5.74. The Kier molecular flexibility index (Phi) is 4.90. The second kappa shape index (κ2) is 6.40. The molecule has 0 aromatic heterocycles. The second-order valence-corrected chi connectivity index (χ2v) is 7.23. The van der Waals surface area contributed by atoms with Crippen LogP contribution in [0.4, 0.5) is 17.1 Å². The van der Waals surface area contributed by atoms with Gasteiger partial charge in [-0.15, -0.1) is 0 Å². The molecule has 0 heterocycles. The first kappa shape index (κ1) is 17.6. The lowest BCUT2D eigenvalue weighted by Gasteiger charge is -2.10. The molecule has 0 saturated carbocycles. The molecule has 23 heavy (non-hydrogen) atoms. The first-order valence-corrected chi connectivity index (χ1v) is 8.45. The van der Waals surface area contributed by atoms with Gasteiger partial charge in [-0.2, -0.15) is 0 Å². The van der Waals surface area contributed by atoms with Crippen LogP contribution in [-0.2, 0) is 10.0 Å². The Bertz CT molecular complexity index is 879. The van der Waals surface area contributed by atoms with Crippen LogP contribution in [0.1, 0.15) is 0 Å².